The first-order valence-electron chi connectivity index (χ1n) is 5.18. The zero-order valence-corrected chi connectivity index (χ0v) is 9.32. The van der Waals surface area contributed by atoms with Crippen molar-refractivity contribution in [3.05, 3.63) is 35.5 Å². The van der Waals surface area contributed by atoms with Crippen LogP contribution in [0.4, 0.5) is 0 Å². The Bertz CT molecular complexity index is 570. The molecular weight excluding hydrogens is 200 g/mol. The predicted octanol–water partition coefficient (Wildman–Crippen LogP) is 2.81. The largest absolute Gasteiger partial charge is 0.492 e. The summed E-state index contributed by atoms with van der Waals surface area (Å²) in [6, 6.07) is 8.03. The van der Waals surface area contributed by atoms with Gasteiger partial charge in [-0.15, -0.1) is 0 Å². The molecule has 1 heterocycles. The van der Waals surface area contributed by atoms with Crippen LogP contribution in [-0.4, -0.2) is 11.6 Å². The molecule has 0 saturated carbocycles. The van der Waals surface area contributed by atoms with Crippen LogP contribution in [0.5, 0.6) is 5.75 Å². The zero-order valence-electron chi connectivity index (χ0n) is 9.32. The molecule has 0 N–H and O–H groups in total. The summed E-state index contributed by atoms with van der Waals surface area (Å²) in [5.41, 5.74) is 2.47. The summed E-state index contributed by atoms with van der Waals surface area (Å²) in [7, 11) is 0. The van der Waals surface area contributed by atoms with Crippen molar-refractivity contribution in [1.82, 2.24) is 4.98 Å². The quantitative estimate of drug-likeness (QED) is 0.768. The second kappa shape index (κ2) is 4.19. The molecule has 0 saturated heterocycles. The molecule has 2 rings (SSSR count). The molecule has 3 nitrogen and oxygen atoms in total. The molecule has 1 aromatic carbocycles. The van der Waals surface area contributed by atoms with Gasteiger partial charge in [0, 0.05) is 11.6 Å². The lowest BCUT2D eigenvalue weighted by Crippen LogP contribution is -1.97. The van der Waals surface area contributed by atoms with Crippen molar-refractivity contribution in [3.63, 3.8) is 0 Å². The lowest BCUT2D eigenvalue weighted by Gasteiger charge is -2.09. The van der Waals surface area contributed by atoms with Gasteiger partial charge in [0.15, 0.2) is 0 Å². The van der Waals surface area contributed by atoms with Gasteiger partial charge in [0.1, 0.15) is 17.4 Å². The number of hydrogen-bond acceptors (Lipinski definition) is 3. The normalized spacial score (nSPS) is 10.1. The van der Waals surface area contributed by atoms with E-state index >= 15 is 0 Å². The topological polar surface area (TPSA) is 45.9 Å². The molecule has 0 unspecified atom stereocenters. The highest BCUT2D eigenvalue weighted by Crippen LogP contribution is 2.28. The fourth-order valence-corrected chi connectivity index (χ4v) is 1.66. The van der Waals surface area contributed by atoms with Gasteiger partial charge in [0.05, 0.1) is 12.1 Å². The van der Waals surface area contributed by atoms with Crippen LogP contribution in [0.25, 0.3) is 10.9 Å². The van der Waals surface area contributed by atoms with Crippen molar-refractivity contribution >= 4 is 10.9 Å². The lowest BCUT2D eigenvalue weighted by molar-refractivity contribution is 0.343. The molecule has 1 aromatic heterocycles. The SMILES string of the molecule is CCOc1c(C#N)cnc2ccc(C)cc12. The minimum Gasteiger partial charge on any atom is -0.492 e. The number of benzene rings is 1. The summed E-state index contributed by atoms with van der Waals surface area (Å²) in [6.45, 7) is 4.46. The van der Waals surface area contributed by atoms with Gasteiger partial charge in [0.25, 0.3) is 0 Å². The van der Waals surface area contributed by atoms with Crippen molar-refractivity contribution in [3.8, 4) is 11.8 Å². The predicted molar refractivity (Wildman–Crippen MR) is 62.4 cm³/mol. The number of nitrogens with zero attached hydrogens (tertiary/aromatic N) is 2. The minimum atomic E-state index is 0.486. The van der Waals surface area contributed by atoms with Crippen LogP contribution in [0.1, 0.15) is 18.1 Å². The Morgan fingerprint density at radius 2 is 2.25 bits per heavy atom. The Morgan fingerprint density at radius 1 is 1.44 bits per heavy atom. The molecule has 3 heteroatoms. The number of nitriles is 1. The second-order valence-electron chi connectivity index (χ2n) is 3.57. The summed E-state index contributed by atoms with van der Waals surface area (Å²) < 4.78 is 5.53. The molecule has 0 aliphatic rings. The Kier molecular flexibility index (Phi) is 2.74. The standard InChI is InChI=1S/C13H12N2O/c1-3-16-13-10(7-14)8-15-12-5-4-9(2)6-11(12)13/h4-6,8H,3H2,1-2H3. The summed E-state index contributed by atoms with van der Waals surface area (Å²) in [6.07, 6.45) is 1.56. The van der Waals surface area contributed by atoms with Gasteiger partial charge >= 0.3 is 0 Å². The summed E-state index contributed by atoms with van der Waals surface area (Å²) in [4.78, 5) is 4.23. The average molecular weight is 212 g/mol. The summed E-state index contributed by atoms with van der Waals surface area (Å²) >= 11 is 0. The van der Waals surface area contributed by atoms with Gasteiger partial charge in [-0.3, -0.25) is 4.98 Å². The Balaban J connectivity index is 2.77. The fraction of sp³-hybridized carbons (Fsp3) is 0.231. The molecular formula is C13H12N2O. The first kappa shape index (κ1) is 10.4. The van der Waals surface area contributed by atoms with E-state index in [0.29, 0.717) is 17.9 Å². The zero-order chi connectivity index (χ0) is 11.5. The molecule has 0 atom stereocenters. The van der Waals surface area contributed by atoms with Gasteiger partial charge in [-0.2, -0.15) is 5.26 Å². The maximum absolute atomic E-state index is 9.00. The van der Waals surface area contributed by atoms with Crippen molar-refractivity contribution in [2.45, 2.75) is 13.8 Å². The maximum Gasteiger partial charge on any atom is 0.148 e. The van der Waals surface area contributed by atoms with E-state index in [0.717, 1.165) is 16.5 Å². The third-order valence-electron chi connectivity index (χ3n) is 2.38. The number of pyridine rings is 1. The highest BCUT2D eigenvalue weighted by atomic mass is 16.5. The van der Waals surface area contributed by atoms with E-state index in [2.05, 4.69) is 11.1 Å². The highest BCUT2D eigenvalue weighted by molar-refractivity contribution is 5.87. The van der Waals surface area contributed by atoms with Crippen LogP contribution in [0, 0.1) is 18.3 Å². The number of rotatable bonds is 2. The van der Waals surface area contributed by atoms with Crippen molar-refractivity contribution in [1.29, 1.82) is 5.26 Å². The van der Waals surface area contributed by atoms with Crippen LogP contribution < -0.4 is 4.74 Å². The van der Waals surface area contributed by atoms with E-state index in [1.807, 2.05) is 32.0 Å². The molecule has 0 aliphatic heterocycles. The van der Waals surface area contributed by atoms with E-state index in [9.17, 15) is 0 Å². The molecule has 2 aromatic rings. The fourth-order valence-electron chi connectivity index (χ4n) is 1.66. The van der Waals surface area contributed by atoms with E-state index < -0.39 is 0 Å². The van der Waals surface area contributed by atoms with Gasteiger partial charge in [0.2, 0.25) is 0 Å². The maximum atomic E-state index is 9.00. The molecule has 0 amide bonds. The van der Waals surface area contributed by atoms with Crippen molar-refractivity contribution in [2.75, 3.05) is 6.61 Å². The molecule has 80 valence electrons. The van der Waals surface area contributed by atoms with Crippen LogP contribution >= 0.6 is 0 Å². The smallest absolute Gasteiger partial charge is 0.148 e. The summed E-state index contributed by atoms with van der Waals surface area (Å²) in [5, 5.41) is 9.91. The Morgan fingerprint density at radius 3 is 2.94 bits per heavy atom. The molecule has 0 fully saturated rings. The first-order valence-corrected chi connectivity index (χ1v) is 5.18. The first-order chi connectivity index (χ1) is 7.76. The number of aryl methyl sites for hydroxylation is 1. The van der Waals surface area contributed by atoms with E-state index in [1.165, 1.54) is 0 Å². The lowest BCUT2D eigenvalue weighted by atomic mass is 10.1. The Hall–Kier alpha value is -2.08. The monoisotopic (exact) mass is 212 g/mol. The average Bonchev–Trinajstić information content (AvgIpc) is 2.30. The molecule has 0 aliphatic carbocycles. The minimum absolute atomic E-state index is 0.486. The number of hydrogen-bond donors (Lipinski definition) is 0. The summed E-state index contributed by atoms with van der Waals surface area (Å²) in [5.74, 6) is 0.638. The van der Waals surface area contributed by atoms with E-state index in [4.69, 9.17) is 10.00 Å². The molecule has 0 radical (unpaired) electrons. The Labute approximate surface area is 94.3 Å². The highest BCUT2D eigenvalue weighted by Gasteiger charge is 2.09. The van der Waals surface area contributed by atoms with Gasteiger partial charge in [-0.25, -0.2) is 0 Å². The molecule has 0 bridgehead atoms. The number of fused-ring (bicyclic) bond motifs is 1. The van der Waals surface area contributed by atoms with Crippen molar-refractivity contribution < 1.29 is 4.74 Å². The number of ether oxygens (including phenoxy) is 1. The molecule has 16 heavy (non-hydrogen) atoms. The second-order valence-corrected chi connectivity index (χ2v) is 3.57. The van der Waals surface area contributed by atoms with Crippen LogP contribution in [0.2, 0.25) is 0 Å². The van der Waals surface area contributed by atoms with Gasteiger partial charge < -0.3 is 4.74 Å². The van der Waals surface area contributed by atoms with E-state index in [1.54, 1.807) is 6.20 Å². The third kappa shape index (κ3) is 1.70. The van der Waals surface area contributed by atoms with Gasteiger partial charge in [-0.1, -0.05) is 11.6 Å². The van der Waals surface area contributed by atoms with Gasteiger partial charge in [-0.05, 0) is 26.0 Å². The van der Waals surface area contributed by atoms with Crippen LogP contribution in [-0.2, 0) is 0 Å². The number of aromatic nitrogens is 1. The van der Waals surface area contributed by atoms with Crippen LogP contribution in [0.15, 0.2) is 24.4 Å². The molecule has 0 spiro atoms. The van der Waals surface area contributed by atoms with E-state index in [-0.39, 0.29) is 0 Å². The van der Waals surface area contributed by atoms with Crippen molar-refractivity contribution in [2.24, 2.45) is 0 Å². The third-order valence-corrected chi connectivity index (χ3v) is 2.38. The van der Waals surface area contributed by atoms with Crippen LogP contribution in [0.3, 0.4) is 0 Å².